The molecule has 0 atom stereocenters. The molecule has 0 bridgehead atoms. The summed E-state index contributed by atoms with van der Waals surface area (Å²) in [4.78, 5) is 0. The van der Waals surface area contributed by atoms with Crippen LogP contribution in [-0.4, -0.2) is 5.11 Å². The summed E-state index contributed by atoms with van der Waals surface area (Å²) in [5.74, 6) is -0.0733. The van der Waals surface area contributed by atoms with Gasteiger partial charge in [0.2, 0.25) is 0 Å². The van der Waals surface area contributed by atoms with Crippen LogP contribution in [0.25, 0.3) is 0 Å². The molecule has 0 unspecified atom stereocenters. The van der Waals surface area contributed by atoms with Crippen LogP contribution in [0.2, 0.25) is 20.1 Å². The van der Waals surface area contributed by atoms with Gasteiger partial charge in [-0.25, -0.2) is 0 Å². The van der Waals surface area contributed by atoms with Crippen LogP contribution in [0.3, 0.4) is 0 Å². The highest BCUT2D eigenvalue weighted by Gasteiger charge is 2.21. The van der Waals surface area contributed by atoms with Crippen molar-refractivity contribution in [2.24, 2.45) is 0 Å². The Morgan fingerprint density at radius 2 is 1.29 bits per heavy atom. The number of phenolic OH excluding ortho intramolecular Hbond substituents is 1. The Hall–Kier alpha value is 0.180. The molecule has 0 fully saturated rings. The molecular weight excluding hydrogens is 266 g/mol. The summed E-state index contributed by atoms with van der Waals surface area (Å²) in [5.41, 5.74) is 0.520. The highest BCUT2D eigenvalue weighted by atomic mass is 35.5. The largest absolute Gasteiger partial charge is 0.506 e. The maximum Gasteiger partial charge on any atom is 0.140 e. The van der Waals surface area contributed by atoms with E-state index in [0.717, 1.165) is 0 Å². The van der Waals surface area contributed by atoms with Gasteiger partial charge in [0.25, 0.3) is 0 Å². The molecule has 1 N–H and O–H groups in total. The van der Waals surface area contributed by atoms with E-state index in [1.807, 2.05) is 13.8 Å². The Balaban J connectivity index is 3.60. The Bertz CT molecular complexity index is 345. The molecule has 1 nitrogen and oxygen atoms in total. The Morgan fingerprint density at radius 1 is 0.857 bits per heavy atom. The molecule has 0 saturated carbocycles. The quantitative estimate of drug-likeness (QED) is 0.556. The molecule has 78 valence electrons. The van der Waals surface area contributed by atoms with E-state index in [1.54, 1.807) is 0 Å². The maximum atomic E-state index is 9.69. The monoisotopic (exact) mass is 272 g/mol. The minimum absolute atomic E-state index is 0.0229. The van der Waals surface area contributed by atoms with E-state index in [1.165, 1.54) is 0 Å². The molecule has 0 amide bonds. The van der Waals surface area contributed by atoms with Gasteiger partial charge in [-0.15, -0.1) is 0 Å². The second-order valence-corrected chi connectivity index (χ2v) is 4.68. The molecule has 0 radical (unpaired) electrons. The van der Waals surface area contributed by atoms with Crippen molar-refractivity contribution in [3.05, 3.63) is 25.7 Å². The average Bonchev–Trinajstić information content (AvgIpc) is 2.11. The normalized spacial score (nSPS) is 11.1. The minimum atomic E-state index is -0.0962. The molecule has 0 aliphatic rings. The van der Waals surface area contributed by atoms with Gasteiger partial charge in [0.15, 0.2) is 0 Å². The van der Waals surface area contributed by atoms with Gasteiger partial charge in [0.05, 0.1) is 15.1 Å². The first kappa shape index (κ1) is 12.3. The molecule has 1 aromatic rings. The van der Waals surface area contributed by atoms with Gasteiger partial charge in [-0.1, -0.05) is 60.3 Å². The van der Waals surface area contributed by atoms with Crippen molar-refractivity contribution in [3.8, 4) is 5.75 Å². The van der Waals surface area contributed by atoms with Gasteiger partial charge in [0, 0.05) is 5.56 Å². The number of halogens is 4. The molecule has 0 aliphatic carbocycles. The summed E-state index contributed by atoms with van der Waals surface area (Å²) in [7, 11) is 0. The third-order valence-corrected chi connectivity index (χ3v) is 3.66. The third kappa shape index (κ3) is 1.92. The predicted octanol–water partition coefficient (Wildman–Crippen LogP) is 5.13. The zero-order valence-electron chi connectivity index (χ0n) is 7.54. The zero-order chi connectivity index (χ0) is 11.0. The van der Waals surface area contributed by atoms with E-state index < -0.39 is 0 Å². The molecule has 1 aromatic carbocycles. The van der Waals surface area contributed by atoms with E-state index in [9.17, 15) is 5.11 Å². The Labute approximate surface area is 103 Å². The molecule has 1 rings (SSSR count). The van der Waals surface area contributed by atoms with Crippen LogP contribution in [0.4, 0.5) is 0 Å². The predicted molar refractivity (Wildman–Crippen MR) is 62.2 cm³/mol. The molecule has 14 heavy (non-hydrogen) atoms. The summed E-state index contributed by atoms with van der Waals surface area (Å²) in [6, 6.07) is 0. The fraction of sp³-hybridized carbons (Fsp3) is 0.333. The fourth-order valence-electron chi connectivity index (χ4n) is 1.16. The number of aromatic hydroxyl groups is 1. The lowest BCUT2D eigenvalue weighted by Gasteiger charge is -2.14. The standard InChI is InChI=1S/C9H8Cl4O/c1-3(2)4-5(10)6(11)7(12)8(13)9(4)14/h3,14H,1-2H3. The highest BCUT2D eigenvalue weighted by Crippen LogP contribution is 2.47. The number of phenols is 1. The highest BCUT2D eigenvalue weighted by molar-refractivity contribution is 6.52. The van der Waals surface area contributed by atoms with Crippen molar-refractivity contribution in [1.82, 2.24) is 0 Å². The second kappa shape index (κ2) is 4.36. The lowest BCUT2D eigenvalue weighted by atomic mass is 10.0. The van der Waals surface area contributed by atoms with E-state index in [2.05, 4.69) is 0 Å². The fourth-order valence-corrected chi connectivity index (χ4v) is 2.24. The Kier molecular flexibility index (Phi) is 3.81. The first-order chi connectivity index (χ1) is 6.37. The topological polar surface area (TPSA) is 20.2 Å². The van der Waals surface area contributed by atoms with Crippen molar-refractivity contribution < 1.29 is 5.11 Å². The van der Waals surface area contributed by atoms with Gasteiger partial charge in [0.1, 0.15) is 10.8 Å². The molecule has 0 aromatic heterocycles. The average molecular weight is 274 g/mol. The minimum Gasteiger partial charge on any atom is -0.506 e. The van der Waals surface area contributed by atoms with E-state index in [-0.39, 0.29) is 31.8 Å². The maximum absolute atomic E-state index is 9.69. The van der Waals surface area contributed by atoms with Crippen LogP contribution in [0.15, 0.2) is 0 Å². The van der Waals surface area contributed by atoms with Gasteiger partial charge < -0.3 is 5.11 Å². The molecule has 0 saturated heterocycles. The summed E-state index contributed by atoms with van der Waals surface area (Å²) in [6.45, 7) is 3.75. The molecule has 0 aliphatic heterocycles. The van der Waals surface area contributed by atoms with Crippen LogP contribution < -0.4 is 0 Å². The van der Waals surface area contributed by atoms with Crippen LogP contribution in [0.1, 0.15) is 25.3 Å². The van der Waals surface area contributed by atoms with Crippen molar-refractivity contribution in [2.75, 3.05) is 0 Å². The van der Waals surface area contributed by atoms with Crippen molar-refractivity contribution >= 4 is 46.4 Å². The summed E-state index contributed by atoms with van der Waals surface area (Å²) < 4.78 is 0. The van der Waals surface area contributed by atoms with Gasteiger partial charge in [-0.2, -0.15) is 0 Å². The van der Waals surface area contributed by atoms with Crippen molar-refractivity contribution in [3.63, 3.8) is 0 Å². The second-order valence-electron chi connectivity index (χ2n) is 3.17. The first-order valence-electron chi connectivity index (χ1n) is 3.92. The number of benzene rings is 1. The van der Waals surface area contributed by atoms with Crippen LogP contribution in [0.5, 0.6) is 5.75 Å². The van der Waals surface area contributed by atoms with E-state index in [4.69, 9.17) is 46.4 Å². The van der Waals surface area contributed by atoms with Crippen LogP contribution >= 0.6 is 46.4 Å². The van der Waals surface area contributed by atoms with Crippen molar-refractivity contribution in [1.29, 1.82) is 0 Å². The number of hydrogen-bond donors (Lipinski definition) is 1. The lowest BCUT2D eigenvalue weighted by molar-refractivity contribution is 0.465. The van der Waals surface area contributed by atoms with Crippen molar-refractivity contribution in [2.45, 2.75) is 19.8 Å². The van der Waals surface area contributed by atoms with E-state index in [0.29, 0.717) is 5.56 Å². The molecule has 0 heterocycles. The van der Waals surface area contributed by atoms with Crippen LogP contribution in [-0.2, 0) is 0 Å². The lowest BCUT2D eigenvalue weighted by Crippen LogP contribution is -1.92. The van der Waals surface area contributed by atoms with Crippen LogP contribution in [0, 0.1) is 0 Å². The summed E-state index contributed by atoms with van der Waals surface area (Å²) in [6.07, 6.45) is 0. The Morgan fingerprint density at radius 3 is 1.71 bits per heavy atom. The third-order valence-electron chi connectivity index (χ3n) is 1.85. The SMILES string of the molecule is CC(C)c1c(O)c(Cl)c(Cl)c(Cl)c1Cl. The molecule has 5 heteroatoms. The number of hydrogen-bond acceptors (Lipinski definition) is 1. The summed E-state index contributed by atoms with van der Waals surface area (Å²) >= 11 is 23.3. The summed E-state index contributed by atoms with van der Waals surface area (Å²) in [5, 5.41) is 10.3. The first-order valence-corrected chi connectivity index (χ1v) is 5.43. The number of rotatable bonds is 1. The van der Waals surface area contributed by atoms with Gasteiger partial charge in [-0.05, 0) is 5.92 Å². The molecule has 0 spiro atoms. The van der Waals surface area contributed by atoms with Gasteiger partial charge >= 0.3 is 0 Å². The van der Waals surface area contributed by atoms with E-state index >= 15 is 0 Å². The molecular formula is C9H8Cl4O. The smallest absolute Gasteiger partial charge is 0.140 e. The van der Waals surface area contributed by atoms with Gasteiger partial charge in [-0.3, -0.25) is 0 Å². The zero-order valence-corrected chi connectivity index (χ0v) is 10.6.